The van der Waals surface area contributed by atoms with Crippen molar-refractivity contribution >= 4 is 21.6 Å². The van der Waals surface area contributed by atoms with Crippen LogP contribution in [-0.2, 0) is 10.0 Å². The molecule has 0 saturated heterocycles. The lowest BCUT2D eigenvalue weighted by Crippen LogP contribution is -2.29. The molecule has 0 radical (unpaired) electrons. The molecule has 0 unspecified atom stereocenters. The summed E-state index contributed by atoms with van der Waals surface area (Å²) in [6.07, 6.45) is 1.27. The van der Waals surface area contributed by atoms with Crippen LogP contribution in [-0.4, -0.2) is 29.9 Å². The molecule has 7 heteroatoms. The molecule has 1 aliphatic rings. The highest BCUT2D eigenvalue weighted by Crippen LogP contribution is 2.17. The van der Waals surface area contributed by atoms with E-state index in [0.717, 1.165) is 0 Å². The van der Waals surface area contributed by atoms with E-state index >= 15 is 0 Å². The summed E-state index contributed by atoms with van der Waals surface area (Å²) in [5.74, 6) is -0.880. The lowest BCUT2D eigenvalue weighted by Gasteiger charge is -2.10. The fourth-order valence-electron chi connectivity index (χ4n) is 1.01. The molecule has 64 valence electrons. The third-order valence-corrected chi connectivity index (χ3v) is 2.64. The Labute approximate surface area is 68.1 Å². The van der Waals surface area contributed by atoms with Crippen LogP contribution >= 0.6 is 0 Å². The van der Waals surface area contributed by atoms with Gasteiger partial charge in [-0.1, -0.05) is 0 Å². The number of rotatable bonds is 0. The number of anilines is 1. The summed E-state index contributed by atoms with van der Waals surface area (Å²) in [6.45, 7) is 0. The number of fused-ring (bicyclic) bond motifs is 1. The molecule has 0 aliphatic carbocycles. The molecule has 2 rings (SSSR count). The predicted molar refractivity (Wildman–Crippen MR) is 40.3 cm³/mol. The van der Waals surface area contributed by atoms with Crippen molar-refractivity contribution in [1.29, 1.82) is 0 Å². The Morgan fingerprint density at radius 1 is 1.50 bits per heavy atom. The zero-order valence-corrected chi connectivity index (χ0v) is 6.68. The summed E-state index contributed by atoms with van der Waals surface area (Å²) in [5.41, 5.74) is 0.227. The number of ketones is 1. The maximum atomic E-state index is 11.1. The number of imidazole rings is 1. The Hall–Kier alpha value is -1.37. The first kappa shape index (κ1) is 7.29. The minimum absolute atomic E-state index is 0.0891. The van der Waals surface area contributed by atoms with E-state index in [4.69, 9.17) is 0 Å². The number of H-pyrrole nitrogens is 1. The number of hydrogen-bond acceptors (Lipinski definition) is 4. The van der Waals surface area contributed by atoms with E-state index in [-0.39, 0.29) is 11.5 Å². The van der Waals surface area contributed by atoms with Gasteiger partial charge in [0.05, 0.1) is 6.33 Å². The first-order chi connectivity index (χ1) is 5.58. The van der Waals surface area contributed by atoms with E-state index in [2.05, 4.69) is 14.7 Å². The summed E-state index contributed by atoms with van der Waals surface area (Å²) in [5, 5.41) is 0. The van der Waals surface area contributed by atoms with Crippen molar-refractivity contribution in [2.75, 3.05) is 10.5 Å². The fourth-order valence-corrected chi connectivity index (χ4v) is 2.02. The Kier molecular flexibility index (Phi) is 1.26. The van der Waals surface area contributed by atoms with E-state index in [0.29, 0.717) is 0 Å². The van der Waals surface area contributed by atoms with Gasteiger partial charge in [0.15, 0.2) is 11.6 Å². The highest BCUT2D eigenvalue weighted by molar-refractivity contribution is 7.93. The number of hydrogen-bond donors (Lipinski definition) is 2. The van der Waals surface area contributed by atoms with Crippen molar-refractivity contribution in [3.05, 3.63) is 12.0 Å². The number of sulfonamides is 1. The van der Waals surface area contributed by atoms with Gasteiger partial charge in [-0.2, -0.15) is 0 Å². The Morgan fingerprint density at radius 3 is 3.00 bits per heavy atom. The summed E-state index contributed by atoms with van der Waals surface area (Å²) in [7, 11) is -3.50. The zero-order valence-electron chi connectivity index (χ0n) is 5.86. The SMILES string of the molecule is O=C1CS(=O)(=O)Nc2nc[nH]c21. The quantitative estimate of drug-likeness (QED) is 0.564. The predicted octanol–water partition coefficient (Wildman–Crippen LogP) is -0.652. The van der Waals surface area contributed by atoms with Gasteiger partial charge in [0.1, 0.15) is 11.4 Å². The first-order valence-electron chi connectivity index (χ1n) is 3.15. The van der Waals surface area contributed by atoms with Crippen LogP contribution < -0.4 is 4.72 Å². The molecule has 12 heavy (non-hydrogen) atoms. The number of aromatic nitrogens is 2. The third kappa shape index (κ3) is 0.981. The van der Waals surface area contributed by atoms with Crippen molar-refractivity contribution in [3.8, 4) is 0 Å². The van der Waals surface area contributed by atoms with Gasteiger partial charge >= 0.3 is 0 Å². The summed E-state index contributed by atoms with van der Waals surface area (Å²) in [4.78, 5) is 17.3. The van der Waals surface area contributed by atoms with Gasteiger partial charge in [-0.3, -0.25) is 9.52 Å². The Morgan fingerprint density at radius 2 is 2.25 bits per heavy atom. The fraction of sp³-hybridized carbons (Fsp3) is 0.200. The van der Waals surface area contributed by atoms with Gasteiger partial charge in [0, 0.05) is 0 Å². The molecule has 0 spiro atoms. The van der Waals surface area contributed by atoms with Crippen LogP contribution in [0, 0.1) is 0 Å². The molecule has 0 saturated carbocycles. The molecular weight excluding hydrogens is 182 g/mol. The maximum Gasteiger partial charge on any atom is 0.241 e. The van der Waals surface area contributed by atoms with Crippen LogP contribution in [0.3, 0.4) is 0 Å². The Balaban J connectivity index is 2.60. The van der Waals surface area contributed by atoms with E-state index in [1.165, 1.54) is 6.33 Å². The van der Waals surface area contributed by atoms with Crippen LogP contribution in [0.4, 0.5) is 5.82 Å². The molecule has 1 aliphatic heterocycles. The standard InChI is InChI=1S/C5H5N3O3S/c9-3-1-12(10,11)8-5-4(3)6-2-7-5/h2,8H,1H2,(H,6,7). The van der Waals surface area contributed by atoms with Gasteiger partial charge < -0.3 is 4.98 Å². The lowest BCUT2D eigenvalue weighted by molar-refractivity contribution is 0.101. The van der Waals surface area contributed by atoms with Crippen LogP contribution in [0.2, 0.25) is 0 Å². The largest absolute Gasteiger partial charge is 0.340 e. The summed E-state index contributed by atoms with van der Waals surface area (Å²) >= 11 is 0. The Bertz CT molecular complexity index is 433. The molecule has 2 N–H and O–H groups in total. The van der Waals surface area contributed by atoms with Crippen molar-refractivity contribution in [3.63, 3.8) is 0 Å². The van der Waals surface area contributed by atoms with E-state index in [1.807, 2.05) is 0 Å². The molecule has 0 bridgehead atoms. The van der Waals surface area contributed by atoms with Gasteiger partial charge in [0.2, 0.25) is 10.0 Å². The summed E-state index contributed by atoms with van der Waals surface area (Å²) < 4.78 is 24.0. The van der Waals surface area contributed by atoms with Crippen LogP contribution in [0.15, 0.2) is 6.33 Å². The van der Waals surface area contributed by atoms with Crippen molar-refractivity contribution in [1.82, 2.24) is 9.97 Å². The highest BCUT2D eigenvalue weighted by Gasteiger charge is 2.28. The maximum absolute atomic E-state index is 11.1. The van der Waals surface area contributed by atoms with Gasteiger partial charge in [0.25, 0.3) is 0 Å². The second-order valence-electron chi connectivity index (χ2n) is 2.41. The minimum atomic E-state index is -3.50. The number of nitrogens with one attached hydrogen (secondary N) is 2. The monoisotopic (exact) mass is 187 g/mol. The molecule has 0 atom stereocenters. The molecule has 1 aromatic heterocycles. The molecular formula is C5H5N3O3S. The van der Waals surface area contributed by atoms with Crippen molar-refractivity contribution in [2.24, 2.45) is 0 Å². The number of nitrogens with zero attached hydrogens (tertiary/aromatic N) is 1. The second-order valence-corrected chi connectivity index (χ2v) is 4.13. The van der Waals surface area contributed by atoms with Crippen LogP contribution in [0.1, 0.15) is 10.5 Å². The van der Waals surface area contributed by atoms with Crippen LogP contribution in [0.5, 0.6) is 0 Å². The number of carbonyl (C=O) groups is 1. The number of carbonyl (C=O) groups excluding carboxylic acids is 1. The first-order valence-corrected chi connectivity index (χ1v) is 4.81. The van der Waals surface area contributed by atoms with Gasteiger partial charge in [-0.25, -0.2) is 13.4 Å². The van der Waals surface area contributed by atoms with Gasteiger partial charge in [-0.15, -0.1) is 0 Å². The topological polar surface area (TPSA) is 91.9 Å². The molecule has 1 aromatic rings. The average Bonchev–Trinajstić information content (AvgIpc) is 2.31. The molecule has 0 fully saturated rings. The van der Waals surface area contributed by atoms with Crippen LogP contribution in [0.25, 0.3) is 0 Å². The lowest BCUT2D eigenvalue weighted by atomic mass is 10.3. The van der Waals surface area contributed by atoms with Crippen molar-refractivity contribution in [2.45, 2.75) is 0 Å². The van der Waals surface area contributed by atoms with E-state index in [1.54, 1.807) is 0 Å². The second kappa shape index (κ2) is 2.07. The van der Waals surface area contributed by atoms with Crippen molar-refractivity contribution < 1.29 is 13.2 Å². The normalized spacial score (nSPS) is 19.8. The van der Waals surface area contributed by atoms with E-state index in [9.17, 15) is 13.2 Å². The number of Topliss-reactive ketones (excluding diaryl/α,β-unsaturated/α-hetero) is 1. The highest BCUT2D eigenvalue weighted by atomic mass is 32.2. The zero-order chi connectivity index (χ0) is 8.77. The average molecular weight is 187 g/mol. The van der Waals surface area contributed by atoms with Gasteiger partial charge in [-0.05, 0) is 0 Å². The number of aromatic amines is 1. The minimum Gasteiger partial charge on any atom is -0.340 e. The smallest absolute Gasteiger partial charge is 0.241 e. The molecule has 2 heterocycles. The third-order valence-electron chi connectivity index (χ3n) is 1.49. The molecule has 0 amide bonds. The molecule has 6 nitrogen and oxygen atoms in total. The molecule has 0 aromatic carbocycles. The summed E-state index contributed by atoms with van der Waals surface area (Å²) in [6, 6.07) is 0. The van der Waals surface area contributed by atoms with E-state index < -0.39 is 21.6 Å².